The first-order chi connectivity index (χ1) is 9.78. The molecule has 5 nitrogen and oxygen atoms in total. The Morgan fingerprint density at radius 2 is 2.40 bits per heavy atom. The highest BCUT2D eigenvalue weighted by molar-refractivity contribution is 5.90. The van der Waals surface area contributed by atoms with E-state index in [-0.39, 0.29) is 12.0 Å². The highest BCUT2D eigenvalue weighted by Gasteiger charge is 2.15. The van der Waals surface area contributed by atoms with Gasteiger partial charge in [0, 0.05) is 18.4 Å². The Labute approximate surface area is 119 Å². The Morgan fingerprint density at radius 1 is 1.50 bits per heavy atom. The summed E-state index contributed by atoms with van der Waals surface area (Å²) in [6.07, 6.45) is 2.70. The first kappa shape index (κ1) is 14.8. The van der Waals surface area contributed by atoms with Crippen LogP contribution in [0.5, 0.6) is 5.75 Å². The second kappa shape index (κ2) is 7.87. The monoisotopic (exact) mass is 279 g/mol. The minimum absolute atomic E-state index is 0.0643. The topological polar surface area (TPSA) is 56.8 Å². The van der Waals surface area contributed by atoms with Gasteiger partial charge in [0.05, 0.1) is 32.8 Å². The SMILES string of the molecule is COc1cccc(NC(=O)CCOCC2CCCO2)c1. The van der Waals surface area contributed by atoms with Crippen LogP contribution in [0.25, 0.3) is 0 Å². The number of rotatable bonds is 7. The maximum Gasteiger partial charge on any atom is 0.226 e. The number of ether oxygens (including phenoxy) is 3. The Hall–Kier alpha value is -1.59. The van der Waals surface area contributed by atoms with E-state index in [9.17, 15) is 4.79 Å². The van der Waals surface area contributed by atoms with Gasteiger partial charge >= 0.3 is 0 Å². The van der Waals surface area contributed by atoms with Crippen molar-refractivity contribution in [1.82, 2.24) is 0 Å². The molecule has 5 heteroatoms. The number of carbonyl (C=O) groups is 1. The van der Waals surface area contributed by atoms with E-state index < -0.39 is 0 Å². The van der Waals surface area contributed by atoms with E-state index >= 15 is 0 Å². The van der Waals surface area contributed by atoms with Crippen molar-refractivity contribution in [2.45, 2.75) is 25.4 Å². The van der Waals surface area contributed by atoms with Crippen LogP contribution in [0.1, 0.15) is 19.3 Å². The number of nitrogens with one attached hydrogen (secondary N) is 1. The van der Waals surface area contributed by atoms with Crippen molar-refractivity contribution < 1.29 is 19.0 Å². The van der Waals surface area contributed by atoms with E-state index in [1.54, 1.807) is 13.2 Å². The molecule has 1 heterocycles. The number of hydrogen-bond donors (Lipinski definition) is 1. The molecular formula is C15H21NO4. The molecular weight excluding hydrogens is 258 g/mol. The Kier molecular flexibility index (Phi) is 5.83. The van der Waals surface area contributed by atoms with Gasteiger partial charge in [-0.15, -0.1) is 0 Å². The summed E-state index contributed by atoms with van der Waals surface area (Å²) >= 11 is 0. The Bertz CT molecular complexity index is 430. The van der Waals surface area contributed by atoms with E-state index in [1.807, 2.05) is 18.2 Å². The van der Waals surface area contributed by atoms with E-state index in [0.717, 1.165) is 30.9 Å². The van der Waals surface area contributed by atoms with Crippen molar-refractivity contribution in [3.63, 3.8) is 0 Å². The molecule has 1 aliphatic heterocycles. The van der Waals surface area contributed by atoms with Crippen molar-refractivity contribution in [2.75, 3.05) is 32.2 Å². The summed E-state index contributed by atoms with van der Waals surface area (Å²) in [5.41, 5.74) is 0.730. The third-order valence-electron chi connectivity index (χ3n) is 3.15. The van der Waals surface area contributed by atoms with E-state index in [1.165, 1.54) is 0 Å². The van der Waals surface area contributed by atoms with Crippen molar-refractivity contribution in [1.29, 1.82) is 0 Å². The second-order valence-electron chi connectivity index (χ2n) is 4.74. The molecule has 1 fully saturated rings. The molecule has 1 saturated heterocycles. The van der Waals surface area contributed by atoms with Gasteiger partial charge in [-0.3, -0.25) is 4.79 Å². The number of methoxy groups -OCH3 is 1. The van der Waals surface area contributed by atoms with E-state index in [4.69, 9.17) is 14.2 Å². The van der Waals surface area contributed by atoms with Crippen LogP contribution in [-0.4, -0.2) is 38.9 Å². The van der Waals surface area contributed by atoms with Crippen LogP contribution >= 0.6 is 0 Å². The van der Waals surface area contributed by atoms with Gasteiger partial charge in [-0.2, -0.15) is 0 Å². The molecule has 0 aliphatic carbocycles. The molecule has 0 spiro atoms. The molecule has 0 bridgehead atoms. The van der Waals surface area contributed by atoms with Crippen LogP contribution in [0.15, 0.2) is 24.3 Å². The van der Waals surface area contributed by atoms with Crippen LogP contribution < -0.4 is 10.1 Å². The lowest BCUT2D eigenvalue weighted by atomic mass is 10.2. The molecule has 1 amide bonds. The highest BCUT2D eigenvalue weighted by atomic mass is 16.5. The molecule has 1 atom stereocenters. The van der Waals surface area contributed by atoms with Gasteiger partial charge in [0.25, 0.3) is 0 Å². The highest BCUT2D eigenvalue weighted by Crippen LogP contribution is 2.16. The first-order valence-electron chi connectivity index (χ1n) is 6.91. The number of carbonyl (C=O) groups excluding carboxylic acids is 1. The molecule has 110 valence electrons. The molecule has 1 aromatic rings. The molecule has 1 unspecified atom stereocenters. The summed E-state index contributed by atoms with van der Waals surface area (Å²) in [6.45, 7) is 1.81. The Balaban J connectivity index is 1.64. The molecule has 0 saturated carbocycles. The Morgan fingerprint density at radius 3 is 3.15 bits per heavy atom. The maximum absolute atomic E-state index is 11.7. The van der Waals surface area contributed by atoms with Crippen molar-refractivity contribution in [3.8, 4) is 5.75 Å². The maximum atomic E-state index is 11.7. The van der Waals surface area contributed by atoms with Crippen molar-refractivity contribution in [2.24, 2.45) is 0 Å². The minimum atomic E-state index is -0.0643. The number of hydrogen-bond acceptors (Lipinski definition) is 4. The summed E-state index contributed by atoms with van der Waals surface area (Å²) in [5, 5.41) is 2.81. The zero-order chi connectivity index (χ0) is 14.2. The molecule has 20 heavy (non-hydrogen) atoms. The molecule has 0 radical (unpaired) electrons. The first-order valence-corrected chi connectivity index (χ1v) is 6.91. The zero-order valence-electron chi connectivity index (χ0n) is 11.8. The molecule has 2 rings (SSSR count). The predicted octanol–water partition coefficient (Wildman–Crippen LogP) is 2.22. The summed E-state index contributed by atoms with van der Waals surface area (Å²) in [6, 6.07) is 7.28. The largest absolute Gasteiger partial charge is 0.497 e. The quantitative estimate of drug-likeness (QED) is 0.778. The van der Waals surface area contributed by atoms with Gasteiger partial charge in [-0.25, -0.2) is 0 Å². The smallest absolute Gasteiger partial charge is 0.226 e. The summed E-state index contributed by atoms with van der Waals surface area (Å²) in [5.74, 6) is 0.656. The van der Waals surface area contributed by atoms with Gasteiger partial charge in [0.1, 0.15) is 5.75 Å². The number of anilines is 1. The van der Waals surface area contributed by atoms with Crippen LogP contribution in [0.3, 0.4) is 0 Å². The van der Waals surface area contributed by atoms with Gasteiger partial charge in [0.2, 0.25) is 5.91 Å². The third-order valence-corrected chi connectivity index (χ3v) is 3.15. The third kappa shape index (κ3) is 4.83. The minimum Gasteiger partial charge on any atom is -0.497 e. The predicted molar refractivity (Wildman–Crippen MR) is 76.0 cm³/mol. The fraction of sp³-hybridized carbons (Fsp3) is 0.533. The van der Waals surface area contributed by atoms with Gasteiger partial charge in [-0.1, -0.05) is 6.07 Å². The van der Waals surface area contributed by atoms with Gasteiger partial charge < -0.3 is 19.5 Å². The van der Waals surface area contributed by atoms with Crippen LogP contribution in [0, 0.1) is 0 Å². The number of amides is 1. The average molecular weight is 279 g/mol. The van der Waals surface area contributed by atoms with Gasteiger partial charge in [0.15, 0.2) is 0 Å². The van der Waals surface area contributed by atoms with Crippen LogP contribution in [-0.2, 0) is 14.3 Å². The lowest BCUT2D eigenvalue weighted by Crippen LogP contribution is -2.18. The summed E-state index contributed by atoms with van der Waals surface area (Å²) < 4.78 is 16.0. The lowest BCUT2D eigenvalue weighted by molar-refractivity contribution is -0.117. The van der Waals surface area contributed by atoms with Gasteiger partial charge in [-0.05, 0) is 25.0 Å². The van der Waals surface area contributed by atoms with Crippen LogP contribution in [0.4, 0.5) is 5.69 Å². The normalized spacial score (nSPS) is 17.9. The lowest BCUT2D eigenvalue weighted by Gasteiger charge is -2.10. The molecule has 1 aliphatic rings. The standard InChI is InChI=1S/C15H21NO4/c1-18-13-5-2-4-12(10-13)16-15(17)7-9-19-11-14-6-3-8-20-14/h2,4-5,10,14H,3,6-9,11H2,1H3,(H,16,17). The number of benzene rings is 1. The van der Waals surface area contributed by atoms with Crippen LogP contribution in [0.2, 0.25) is 0 Å². The second-order valence-corrected chi connectivity index (χ2v) is 4.74. The summed E-state index contributed by atoms with van der Waals surface area (Å²) in [7, 11) is 1.60. The molecule has 0 aromatic heterocycles. The molecule has 1 N–H and O–H groups in total. The fourth-order valence-corrected chi connectivity index (χ4v) is 2.08. The summed E-state index contributed by atoms with van der Waals surface area (Å²) in [4.78, 5) is 11.7. The van der Waals surface area contributed by atoms with E-state index in [2.05, 4.69) is 5.32 Å². The average Bonchev–Trinajstić information content (AvgIpc) is 2.97. The van der Waals surface area contributed by atoms with Crippen molar-refractivity contribution in [3.05, 3.63) is 24.3 Å². The zero-order valence-corrected chi connectivity index (χ0v) is 11.8. The molecule has 1 aromatic carbocycles. The van der Waals surface area contributed by atoms with Crippen molar-refractivity contribution >= 4 is 11.6 Å². The van der Waals surface area contributed by atoms with E-state index in [0.29, 0.717) is 19.6 Å². The fourth-order valence-electron chi connectivity index (χ4n) is 2.08.